The third kappa shape index (κ3) is 6.57. The number of carbonyl (C=O) groups is 1. The van der Waals surface area contributed by atoms with Crippen molar-refractivity contribution in [1.82, 2.24) is 20.2 Å². The lowest BCUT2D eigenvalue weighted by Crippen LogP contribution is -2.55. The largest absolute Gasteiger partial charge is 0.467 e. The Bertz CT molecular complexity index is 944. The minimum atomic E-state index is -0.814. The Hall–Kier alpha value is -2.45. The minimum Gasteiger partial charge on any atom is -0.467 e. The van der Waals surface area contributed by atoms with Crippen LogP contribution in [0.4, 0.5) is 5.82 Å². The molecule has 0 bridgehead atoms. The van der Waals surface area contributed by atoms with Crippen LogP contribution in [0.3, 0.4) is 0 Å². The number of nitrogens with one attached hydrogen (secondary N) is 2. The highest BCUT2D eigenvalue weighted by Crippen LogP contribution is 2.29. The quantitative estimate of drug-likeness (QED) is 0.538. The van der Waals surface area contributed by atoms with E-state index in [1.54, 1.807) is 12.5 Å². The summed E-state index contributed by atoms with van der Waals surface area (Å²) < 4.78 is 5.46. The molecule has 3 rings (SSSR count). The van der Waals surface area contributed by atoms with Crippen molar-refractivity contribution in [3.63, 3.8) is 0 Å². The summed E-state index contributed by atoms with van der Waals surface area (Å²) in [5.74, 6) is 2.20. The van der Waals surface area contributed by atoms with Crippen LogP contribution in [-0.4, -0.2) is 57.2 Å². The van der Waals surface area contributed by atoms with Gasteiger partial charge in [-0.1, -0.05) is 34.6 Å². The number of rotatable bonds is 8. The minimum absolute atomic E-state index is 0.0275. The van der Waals surface area contributed by atoms with Crippen molar-refractivity contribution in [2.45, 2.75) is 78.5 Å². The molecule has 2 aromatic rings. The molecule has 0 aliphatic carbocycles. The molecule has 0 radical (unpaired) electrons. The molecule has 0 unspecified atom stereocenters. The molecule has 0 aromatic carbocycles. The van der Waals surface area contributed by atoms with Gasteiger partial charge >= 0.3 is 0 Å². The molecule has 8 nitrogen and oxygen atoms in total. The Balaban J connectivity index is 1.94. The Morgan fingerprint density at radius 3 is 2.62 bits per heavy atom. The van der Waals surface area contributed by atoms with Crippen molar-refractivity contribution in [1.29, 1.82) is 0 Å². The van der Waals surface area contributed by atoms with Crippen molar-refractivity contribution >= 4 is 11.7 Å². The average molecular weight is 472 g/mol. The average Bonchev–Trinajstić information content (AvgIpc) is 3.28. The number of piperidine rings is 1. The number of anilines is 1. The van der Waals surface area contributed by atoms with Crippen molar-refractivity contribution in [2.75, 3.05) is 25.0 Å². The number of hydrogen-bond donors (Lipinski definition) is 3. The van der Waals surface area contributed by atoms with Gasteiger partial charge in [-0.3, -0.25) is 4.79 Å². The summed E-state index contributed by atoms with van der Waals surface area (Å²) in [6.07, 6.45) is 4.02. The van der Waals surface area contributed by atoms with Gasteiger partial charge < -0.3 is 25.1 Å². The Kier molecular flexibility index (Phi) is 8.03. The first-order valence-corrected chi connectivity index (χ1v) is 12.2. The van der Waals surface area contributed by atoms with Gasteiger partial charge in [-0.05, 0) is 38.3 Å². The van der Waals surface area contributed by atoms with Gasteiger partial charge in [0.15, 0.2) is 0 Å². The van der Waals surface area contributed by atoms with Gasteiger partial charge in [-0.15, -0.1) is 0 Å². The number of nitrogens with zero attached hydrogens (tertiary/aromatic N) is 3. The number of amides is 1. The third-order valence-electron chi connectivity index (χ3n) is 6.29. The second-order valence-corrected chi connectivity index (χ2v) is 11.4. The normalized spacial score (nSPS) is 19.3. The van der Waals surface area contributed by atoms with E-state index >= 15 is 0 Å². The van der Waals surface area contributed by atoms with Crippen LogP contribution in [-0.2, 0) is 12.0 Å². The summed E-state index contributed by atoms with van der Waals surface area (Å²) in [4.78, 5) is 25.2. The summed E-state index contributed by atoms with van der Waals surface area (Å²) in [5, 5.41) is 17.3. The van der Waals surface area contributed by atoms with Crippen LogP contribution in [0.25, 0.3) is 0 Å². The zero-order valence-electron chi connectivity index (χ0n) is 21.7. The molecule has 1 aliphatic rings. The van der Waals surface area contributed by atoms with Crippen molar-refractivity contribution in [2.24, 2.45) is 11.8 Å². The lowest BCUT2D eigenvalue weighted by atomic mass is 9.82. The van der Waals surface area contributed by atoms with Gasteiger partial charge in [0.1, 0.15) is 23.0 Å². The molecule has 3 N–H and O–H groups in total. The Morgan fingerprint density at radius 1 is 1.29 bits per heavy atom. The van der Waals surface area contributed by atoms with Crippen LogP contribution in [0.15, 0.2) is 29.0 Å². The van der Waals surface area contributed by atoms with E-state index in [1.165, 1.54) is 0 Å². The number of furan rings is 1. The van der Waals surface area contributed by atoms with E-state index in [-0.39, 0.29) is 23.3 Å². The number of aliphatic hydroxyl groups is 1. The van der Waals surface area contributed by atoms with E-state index in [0.717, 1.165) is 18.7 Å². The highest BCUT2D eigenvalue weighted by molar-refractivity contribution is 5.98. The summed E-state index contributed by atoms with van der Waals surface area (Å²) >= 11 is 0. The van der Waals surface area contributed by atoms with Crippen LogP contribution in [0.1, 0.15) is 76.8 Å². The maximum absolute atomic E-state index is 14.0. The molecule has 2 atom stereocenters. The topological polar surface area (TPSA) is 104 Å². The number of aromatic nitrogens is 2. The Morgan fingerprint density at radius 2 is 2.03 bits per heavy atom. The molecule has 0 spiro atoms. The fourth-order valence-corrected chi connectivity index (χ4v) is 4.26. The molecule has 3 heterocycles. The lowest BCUT2D eigenvalue weighted by molar-refractivity contribution is -0.0111. The molecule has 8 heteroatoms. The SMILES string of the molecule is CC(C)CN(C(=O)c1cnc(C(C)(C)C)nc1NCc1ccco1)[C@H]1CNC[C@@H](C(C)(C)O)C1. The molecule has 188 valence electrons. The van der Waals surface area contributed by atoms with Crippen LogP contribution >= 0.6 is 0 Å². The maximum atomic E-state index is 14.0. The zero-order chi connectivity index (χ0) is 25.1. The third-order valence-corrected chi connectivity index (χ3v) is 6.29. The second kappa shape index (κ2) is 10.4. The zero-order valence-corrected chi connectivity index (χ0v) is 21.7. The van der Waals surface area contributed by atoms with E-state index in [4.69, 9.17) is 9.40 Å². The molecule has 1 aliphatic heterocycles. The molecule has 34 heavy (non-hydrogen) atoms. The van der Waals surface area contributed by atoms with Gasteiger partial charge in [0.05, 0.1) is 18.4 Å². The molecule has 2 aromatic heterocycles. The standard InChI is InChI=1S/C26H41N5O3/c1-17(2)16-31(19-11-18(12-27-13-19)26(6,7)33)23(32)21-15-29-24(25(3,4)5)30-22(21)28-14-20-9-8-10-34-20/h8-10,15,17-19,27,33H,11-14,16H2,1-7H3,(H,28,29,30)/t18-,19+/m0/s1. The van der Waals surface area contributed by atoms with Gasteiger partial charge in [0, 0.05) is 43.2 Å². The number of carbonyl (C=O) groups excluding carboxylic acids is 1. The van der Waals surface area contributed by atoms with Gasteiger partial charge in [-0.25, -0.2) is 9.97 Å². The highest BCUT2D eigenvalue weighted by Gasteiger charge is 2.37. The van der Waals surface area contributed by atoms with Gasteiger partial charge in [0.2, 0.25) is 0 Å². The lowest BCUT2D eigenvalue weighted by Gasteiger charge is -2.42. The predicted molar refractivity (Wildman–Crippen MR) is 134 cm³/mol. The van der Waals surface area contributed by atoms with Crippen molar-refractivity contribution < 1.29 is 14.3 Å². The summed E-state index contributed by atoms with van der Waals surface area (Å²) in [5.41, 5.74) is -0.621. The van der Waals surface area contributed by atoms with Crippen LogP contribution in [0.2, 0.25) is 0 Å². The molecule has 0 saturated carbocycles. The smallest absolute Gasteiger partial charge is 0.259 e. The van der Waals surface area contributed by atoms with Crippen molar-refractivity contribution in [3.05, 3.63) is 41.7 Å². The van der Waals surface area contributed by atoms with E-state index in [2.05, 4.69) is 50.2 Å². The van der Waals surface area contributed by atoms with Crippen molar-refractivity contribution in [3.8, 4) is 0 Å². The van der Waals surface area contributed by atoms with E-state index in [0.29, 0.717) is 42.8 Å². The number of hydrogen-bond acceptors (Lipinski definition) is 7. The van der Waals surface area contributed by atoms with E-state index < -0.39 is 5.60 Å². The van der Waals surface area contributed by atoms with Gasteiger partial charge in [0.25, 0.3) is 5.91 Å². The molecular formula is C26H41N5O3. The van der Waals surface area contributed by atoms with Crippen LogP contribution in [0.5, 0.6) is 0 Å². The van der Waals surface area contributed by atoms with Crippen LogP contribution < -0.4 is 10.6 Å². The Labute approximate surface area is 203 Å². The predicted octanol–water partition coefficient (Wildman–Crippen LogP) is 3.83. The van der Waals surface area contributed by atoms with E-state index in [1.807, 2.05) is 30.9 Å². The first kappa shape index (κ1) is 26.2. The van der Waals surface area contributed by atoms with Crippen LogP contribution in [0, 0.1) is 11.8 Å². The second-order valence-electron chi connectivity index (χ2n) is 11.4. The molecule has 1 fully saturated rings. The molecular weight excluding hydrogens is 430 g/mol. The maximum Gasteiger partial charge on any atom is 0.259 e. The summed E-state index contributed by atoms with van der Waals surface area (Å²) in [7, 11) is 0. The fourth-order valence-electron chi connectivity index (χ4n) is 4.26. The summed E-state index contributed by atoms with van der Waals surface area (Å²) in [6.45, 7) is 16.5. The molecule has 1 saturated heterocycles. The first-order valence-electron chi connectivity index (χ1n) is 12.2. The fraction of sp³-hybridized carbons (Fsp3) is 0.654. The van der Waals surface area contributed by atoms with E-state index in [9.17, 15) is 9.90 Å². The first-order chi connectivity index (χ1) is 15.9. The highest BCUT2D eigenvalue weighted by atomic mass is 16.3. The molecule has 1 amide bonds. The van der Waals surface area contributed by atoms with Gasteiger partial charge in [-0.2, -0.15) is 0 Å². The monoisotopic (exact) mass is 471 g/mol. The summed E-state index contributed by atoms with van der Waals surface area (Å²) in [6, 6.07) is 3.69.